The van der Waals surface area contributed by atoms with Gasteiger partial charge in [-0.1, -0.05) is 23.7 Å². The van der Waals surface area contributed by atoms with Crippen molar-refractivity contribution in [2.24, 2.45) is 4.99 Å². The maximum absolute atomic E-state index is 11.8. The van der Waals surface area contributed by atoms with E-state index in [1.54, 1.807) is 19.0 Å². The van der Waals surface area contributed by atoms with E-state index in [0.29, 0.717) is 17.5 Å². The Labute approximate surface area is 160 Å². The monoisotopic (exact) mass is 381 g/mol. The number of hydrogen-bond donors (Lipinski definition) is 2. The first-order valence-electron chi connectivity index (χ1n) is 8.81. The molecule has 0 aromatic heterocycles. The van der Waals surface area contributed by atoms with Crippen molar-refractivity contribution in [3.8, 4) is 0 Å². The fourth-order valence-corrected chi connectivity index (χ4v) is 2.67. The Morgan fingerprint density at radius 1 is 1.31 bits per heavy atom. The fraction of sp³-hybridized carbons (Fsp3) is 0.556. The van der Waals surface area contributed by atoms with E-state index >= 15 is 0 Å². The van der Waals surface area contributed by atoms with Gasteiger partial charge in [0.1, 0.15) is 0 Å². The van der Waals surface area contributed by atoms with Crippen molar-refractivity contribution in [3.05, 3.63) is 34.9 Å². The molecule has 7 nitrogen and oxygen atoms in total. The molecule has 144 valence electrons. The van der Waals surface area contributed by atoms with Crippen molar-refractivity contribution in [2.45, 2.75) is 6.54 Å². The highest BCUT2D eigenvalue weighted by molar-refractivity contribution is 6.30. The number of amides is 1. The normalized spacial score (nSPS) is 15.6. The summed E-state index contributed by atoms with van der Waals surface area (Å²) < 4.78 is 5.36. The molecule has 2 N–H and O–H groups in total. The topological polar surface area (TPSA) is 69.2 Å². The zero-order chi connectivity index (χ0) is 18.8. The van der Waals surface area contributed by atoms with E-state index in [1.165, 1.54) is 0 Å². The minimum absolute atomic E-state index is 0.00423. The predicted octanol–water partition coefficient (Wildman–Crippen LogP) is 0.796. The maximum Gasteiger partial charge on any atom is 0.241 e. The molecule has 8 heteroatoms. The van der Waals surface area contributed by atoms with Crippen LogP contribution in [0.15, 0.2) is 29.3 Å². The lowest BCUT2D eigenvalue weighted by Gasteiger charge is -2.26. The van der Waals surface area contributed by atoms with Crippen LogP contribution in [0.1, 0.15) is 5.56 Å². The molecule has 0 unspecified atom stereocenters. The molecule has 1 amide bonds. The van der Waals surface area contributed by atoms with Gasteiger partial charge in [-0.3, -0.25) is 9.69 Å². The molecule has 26 heavy (non-hydrogen) atoms. The van der Waals surface area contributed by atoms with E-state index in [1.807, 2.05) is 24.3 Å². The minimum atomic E-state index is -0.00423. The number of guanidine groups is 1. The molecule has 0 bridgehead atoms. The summed E-state index contributed by atoms with van der Waals surface area (Å²) in [5.41, 5.74) is 1.02. The second-order valence-electron chi connectivity index (χ2n) is 6.32. The molecule has 1 fully saturated rings. The molecule has 1 saturated heterocycles. The van der Waals surface area contributed by atoms with E-state index < -0.39 is 0 Å². The Morgan fingerprint density at radius 3 is 2.77 bits per heavy atom. The number of hydrogen-bond acceptors (Lipinski definition) is 4. The van der Waals surface area contributed by atoms with Crippen LogP contribution in [0.4, 0.5) is 0 Å². The third-order valence-corrected chi connectivity index (χ3v) is 4.27. The SMILES string of the molecule is CN(C)C(=O)CNC(=NCc1cccc(Cl)c1)NCCN1CCOCC1. The number of nitrogens with one attached hydrogen (secondary N) is 2. The second kappa shape index (κ2) is 11.0. The van der Waals surface area contributed by atoms with Crippen LogP contribution in [0.25, 0.3) is 0 Å². The molecule has 1 aromatic rings. The second-order valence-corrected chi connectivity index (χ2v) is 6.75. The number of benzene rings is 1. The van der Waals surface area contributed by atoms with Crippen LogP contribution in [0.5, 0.6) is 0 Å². The highest BCUT2D eigenvalue weighted by Gasteiger charge is 2.10. The molecular weight excluding hydrogens is 354 g/mol. The smallest absolute Gasteiger partial charge is 0.241 e. The molecule has 1 aromatic carbocycles. The van der Waals surface area contributed by atoms with Gasteiger partial charge in [0.15, 0.2) is 5.96 Å². The van der Waals surface area contributed by atoms with Gasteiger partial charge >= 0.3 is 0 Å². The van der Waals surface area contributed by atoms with Crippen molar-refractivity contribution in [3.63, 3.8) is 0 Å². The Bertz CT molecular complexity index is 603. The number of rotatable bonds is 7. The van der Waals surface area contributed by atoms with Gasteiger partial charge in [0.2, 0.25) is 5.91 Å². The van der Waals surface area contributed by atoms with Crippen LogP contribution in [-0.4, -0.2) is 81.7 Å². The lowest BCUT2D eigenvalue weighted by Crippen LogP contribution is -2.46. The van der Waals surface area contributed by atoms with Crippen molar-refractivity contribution in [2.75, 3.05) is 60.0 Å². The standard InChI is InChI=1S/C18H28ClN5O2/c1-23(2)17(25)14-22-18(20-6-7-24-8-10-26-11-9-24)21-13-15-4-3-5-16(19)12-15/h3-5,12H,6-11,13-14H2,1-2H3,(H2,20,21,22). The average Bonchev–Trinajstić information content (AvgIpc) is 2.64. The van der Waals surface area contributed by atoms with Crippen LogP contribution < -0.4 is 10.6 Å². The Morgan fingerprint density at radius 2 is 2.08 bits per heavy atom. The molecule has 0 radical (unpaired) electrons. The van der Waals surface area contributed by atoms with E-state index in [0.717, 1.165) is 45.0 Å². The molecule has 1 aliphatic heterocycles. The molecule has 0 saturated carbocycles. The number of carbonyl (C=O) groups excluding carboxylic acids is 1. The summed E-state index contributed by atoms with van der Waals surface area (Å²) in [7, 11) is 3.47. The summed E-state index contributed by atoms with van der Waals surface area (Å²) in [5, 5.41) is 7.08. The Hall–Kier alpha value is -1.83. The van der Waals surface area contributed by atoms with Crippen LogP contribution >= 0.6 is 11.6 Å². The summed E-state index contributed by atoms with van der Waals surface area (Å²) in [5.74, 6) is 0.615. The van der Waals surface area contributed by atoms with Gasteiger partial charge in [0.05, 0.1) is 26.3 Å². The number of nitrogens with zero attached hydrogens (tertiary/aromatic N) is 3. The number of carbonyl (C=O) groups is 1. The van der Waals surface area contributed by atoms with Crippen LogP contribution in [0.3, 0.4) is 0 Å². The Kier molecular flexibility index (Phi) is 8.67. The van der Waals surface area contributed by atoms with Crippen molar-refractivity contribution >= 4 is 23.5 Å². The van der Waals surface area contributed by atoms with Crippen LogP contribution in [0, 0.1) is 0 Å². The van der Waals surface area contributed by atoms with Crippen molar-refractivity contribution in [1.82, 2.24) is 20.4 Å². The van der Waals surface area contributed by atoms with E-state index in [2.05, 4.69) is 20.5 Å². The lowest BCUT2D eigenvalue weighted by atomic mass is 10.2. The van der Waals surface area contributed by atoms with Gasteiger partial charge in [0, 0.05) is 45.3 Å². The zero-order valence-electron chi connectivity index (χ0n) is 15.5. The maximum atomic E-state index is 11.8. The van der Waals surface area contributed by atoms with Gasteiger partial charge in [-0.2, -0.15) is 0 Å². The van der Waals surface area contributed by atoms with Crippen LogP contribution in [-0.2, 0) is 16.1 Å². The van der Waals surface area contributed by atoms with Gasteiger partial charge in [-0.25, -0.2) is 4.99 Å². The summed E-state index contributed by atoms with van der Waals surface area (Å²) in [6, 6.07) is 7.61. The first-order chi connectivity index (χ1) is 12.5. The highest BCUT2D eigenvalue weighted by Crippen LogP contribution is 2.11. The molecular formula is C18H28ClN5O2. The van der Waals surface area contributed by atoms with Crippen molar-refractivity contribution in [1.29, 1.82) is 0 Å². The van der Waals surface area contributed by atoms with E-state index in [4.69, 9.17) is 16.3 Å². The zero-order valence-corrected chi connectivity index (χ0v) is 16.3. The van der Waals surface area contributed by atoms with Gasteiger partial charge in [-0.05, 0) is 17.7 Å². The summed E-state index contributed by atoms with van der Waals surface area (Å²) in [6.07, 6.45) is 0. The number of aliphatic imine (C=N–C) groups is 1. The molecule has 0 spiro atoms. The van der Waals surface area contributed by atoms with Gasteiger partial charge in [-0.15, -0.1) is 0 Å². The van der Waals surface area contributed by atoms with Gasteiger partial charge < -0.3 is 20.3 Å². The summed E-state index contributed by atoms with van der Waals surface area (Å²) in [4.78, 5) is 20.3. The number of halogens is 1. The fourth-order valence-electron chi connectivity index (χ4n) is 2.45. The molecule has 0 aliphatic carbocycles. The van der Waals surface area contributed by atoms with Crippen LogP contribution in [0.2, 0.25) is 5.02 Å². The van der Waals surface area contributed by atoms with Gasteiger partial charge in [0.25, 0.3) is 0 Å². The van der Waals surface area contributed by atoms with E-state index in [9.17, 15) is 4.79 Å². The third-order valence-electron chi connectivity index (χ3n) is 4.04. The third kappa shape index (κ3) is 7.59. The number of likely N-dealkylation sites (N-methyl/N-ethyl adjacent to an activating group) is 1. The minimum Gasteiger partial charge on any atom is -0.379 e. The van der Waals surface area contributed by atoms with Crippen molar-refractivity contribution < 1.29 is 9.53 Å². The number of morpholine rings is 1. The van der Waals surface area contributed by atoms with E-state index in [-0.39, 0.29) is 12.5 Å². The average molecular weight is 382 g/mol. The lowest BCUT2D eigenvalue weighted by molar-refractivity contribution is -0.127. The Balaban J connectivity index is 1.88. The molecule has 2 rings (SSSR count). The first-order valence-corrected chi connectivity index (χ1v) is 9.19. The molecule has 1 aliphatic rings. The summed E-state index contributed by atoms with van der Waals surface area (Å²) in [6.45, 7) is 5.80. The highest BCUT2D eigenvalue weighted by atomic mass is 35.5. The molecule has 1 heterocycles. The quantitative estimate of drug-likeness (QED) is 0.540. The molecule has 0 atom stereocenters. The summed E-state index contributed by atoms with van der Waals surface area (Å²) >= 11 is 6.02. The largest absolute Gasteiger partial charge is 0.379 e. The number of ether oxygens (including phenoxy) is 1. The predicted molar refractivity (Wildman–Crippen MR) is 105 cm³/mol. The first kappa shape index (κ1) is 20.5.